The molecule has 0 radical (unpaired) electrons. The number of benzene rings is 1. The Bertz CT molecular complexity index is 831. The number of carbonyl (C=O) groups excluding carboxylic acids is 3. The Morgan fingerprint density at radius 1 is 1.03 bits per heavy atom. The molecule has 3 N–H and O–H groups in total. The quantitative estimate of drug-likeness (QED) is 0.436. The van der Waals surface area contributed by atoms with Gasteiger partial charge in [0.1, 0.15) is 18.8 Å². The third-order valence-electron chi connectivity index (χ3n) is 5.23. The zero-order chi connectivity index (χ0) is 25.1. The number of nitrogens with zero attached hydrogens (tertiary/aromatic N) is 1. The molecule has 1 aliphatic rings. The number of hydrogen-bond acceptors (Lipinski definition) is 7. The van der Waals surface area contributed by atoms with Gasteiger partial charge >= 0.3 is 18.0 Å². The molecule has 1 aliphatic carbocycles. The molecular formula is C24H35N3O7. The van der Waals surface area contributed by atoms with Crippen LogP contribution in [-0.4, -0.2) is 71.3 Å². The number of amides is 2. The van der Waals surface area contributed by atoms with E-state index in [9.17, 15) is 24.3 Å². The highest BCUT2D eigenvalue weighted by atomic mass is 16.6. The van der Waals surface area contributed by atoms with E-state index < -0.39 is 30.2 Å². The van der Waals surface area contributed by atoms with E-state index in [1.807, 2.05) is 30.3 Å². The third-order valence-corrected chi connectivity index (χ3v) is 5.23. The van der Waals surface area contributed by atoms with Gasteiger partial charge in [0, 0.05) is 12.1 Å². The largest absolute Gasteiger partial charge is 0.480 e. The first-order valence-electron chi connectivity index (χ1n) is 11.4. The molecule has 0 aliphatic heterocycles. The Balaban J connectivity index is 1.69. The second-order valence-corrected chi connectivity index (χ2v) is 9.32. The van der Waals surface area contributed by atoms with Crippen molar-refractivity contribution in [2.45, 2.75) is 70.7 Å². The van der Waals surface area contributed by atoms with Crippen molar-refractivity contribution in [3.8, 4) is 0 Å². The predicted octanol–water partition coefficient (Wildman–Crippen LogP) is 2.07. The second-order valence-electron chi connectivity index (χ2n) is 9.32. The van der Waals surface area contributed by atoms with Gasteiger partial charge in [0.25, 0.3) is 0 Å². The van der Waals surface area contributed by atoms with Crippen molar-refractivity contribution >= 4 is 23.9 Å². The number of rotatable bonds is 10. The molecule has 2 amide bonds. The zero-order valence-electron chi connectivity index (χ0n) is 20.0. The third kappa shape index (κ3) is 10.2. The number of ether oxygens (including phenoxy) is 2. The van der Waals surface area contributed by atoms with Gasteiger partial charge in [-0.2, -0.15) is 0 Å². The standard InChI is InChI=1S/C24H35N3O7/c1-24(2,3)34-23(32)27(15-21(29)30)19-11-9-18(10-12-19)26-20(28)13-25-14-22(31)33-16-17-7-5-4-6-8-17/h4-8,18-19,25H,9-16H2,1-3H3,(H,26,28)(H,29,30). The van der Waals surface area contributed by atoms with Gasteiger partial charge in [-0.25, -0.2) is 4.79 Å². The second kappa shape index (κ2) is 12.9. The van der Waals surface area contributed by atoms with Gasteiger partial charge in [0.05, 0.1) is 13.1 Å². The number of esters is 1. The van der Waals surface area contributed by atoms with Crippen LogP contribution < -0.4 is 10.6 Å². The van der Waals surface area contributed by atoms with Gasteiger partial charge in [-0.1, -0.05) is 30.3 Å². The van der Waals surface area contributed by atoms with Crippen LogP contribution in [0.15, 0.2) is 30.3 Å². The van der Waals surface area contributed by atoms with E-state index in [1.54, 1.807) is 20.8 Å². The van der Waals surface area contributed by atoms with Crippen molar-refractivity contribution in [2.75, 3.05) is 19.6 Å². The molecule has 1 saturated carbocycles. The number of carboxylic acid groups (broad SMARTS) is 1. The molecule has 0 heterocycles. The minimum atomic E-state index is -1.10. The molecule has 10 nitrogen and oxygen atoms in total. The first-order valence-corrected chi connectivity index (χ1v) is 11.4. The molecule has 0 bridgehead atoms. The molecule has 34 heavy (non-hydrogen) atoms. The molecule has 1 aromatic carbocycles. The van der Waals surface area contributed by atoms with Crippen molar-refractivity contribution in [1.29, 1.82) is 0 Å². The molecule has 2 rings (SSSR count). The Labute approximate surface area is 200 Å². The van der Waals surface area contributed by atoms with E-state index in [0.29, 0.717) is 25.7 Å². The average Bonchev–Trinajstić information content (AvgIpc) is 2.76. The Kier molecular flexibility index (Phi) is 10.3. The van der Waals surface area contributed by atoms with Crippen LogP contribution >= 0.6 is 0 Å². The maximum absolute atomic E-state index is 12.5. The lowest BCUT2D eigenvalue weighted by Crippen LogP contribution is -2.50. The van der Waals surface area contributed by atoms with Crippen LogP contribution in [0.4, 0.5) is 4.79 Å². The van der Waals surface area contributed by atoms with E-state index in [0.717, 1.165) is 5.56 Å². The normalized spacial score (nSPS) is 18.0. The summed E-state index contributed by atoms with van der Waals surface area (Å²) in [6, 6.07) is 8.97. The van der Waals surface area contributed by atoms with Crippen LogP contribution in [-0.2, 0) is 30.5 Å². The summed E-state index contributed by atoms with van der Waals surface area (Å²) in [4.78, 5) is 49.0. The number of nitrogens with one attached hydrogen (secondary N) is 2. The highest BCUT2D eigenvalue weighted by Gasteiger charge is 2.33. The van der Waals surface area contributed by atoms with Crippen molar-refractivity contribution in [3.05, 3.63) is 35.9 Å². The number of aliphatic carboxylic acids is 1. The topological polar surface area (TPSA) is 134 Å². The highest BCUT2D eigenvalue weighted by Crippen LogP contribution is 2.25. The van der Waals surface area contributed by atoms with Gasteiger partial charge in [0.2, 0.25) is 5.91 Å². The van der Waals surface area contributed by atoms with Crippen molar-refractivity contribution < 1.29 is 33.8 Å². The fourth-order valence-corrected chi connectivity index (χ4v) is 3.69. The zero-order valence-corrected chi connectivity index (χ0v) is 20.0. The molecule has 188 valence electrons. The van der Waals surface area contributed by atoms with Crippen LogP contribution in [0, 0.1) is 0 Å². The molecule has 0 spiro atoms. The average molecular weight is 478 g/mol. The fourth-order valence-electron chi connectivity index (χ4n) is 3.69. The summed E-state index contributed by atoms with van der Waals surface area (Å²) in [6.07, 6.45) is 1.67. The van der Waals surface area contributed by atoms with Gasteiger partial charge in [-0.15, -0.1) is 0 Å². The molecule has 1 aromatic rings. The molecule has 0 unspecified atom stereocenters. The summed E-state index contributed by atoms with van der Waals surface area (Å²) in [7, 11) is 0. The van der Waals surface area contributed by atoms with E-state index in [4.69, 9.17) is 9.47 Å². The molecule has 0 atom stereocenters. The molecule has 1 fully saturated rings. The van der Waals surface area contributed by atoms with Gasteiger partial charge < -0.3 is 19.9 Å². The first-order chi connectivity index (χ1) is 16.0. The van der Waals surface area contributed by atoms with Crippen LogP contribution in [0.3, 0.4) is 0 Å². The molecule has 0 saturated heterocycles. The number of hydrogen-bond donors (Lipinski definition) is 3. The Hall–Kier alpha value is -3.14. The smallest absolute Gasteiger partial charge is 0.411 e. The lowest BCUT2D eigenvalue weighted by Gasteiger charge is -2.37. The first kappa shape index (κ1) is 27.1. The van der Waals surface area contributed by atoms with Crippen molar-refractivity contribution in [2.24, 2.45) is 0 Å². The van der Waals surface area contributed by atoms with Crippen LogP contribution in [0.1, 0.15) is 52.0 Å². The molecule has 0 aromatic heterocycles. The van der Waals surface area contributed by atoms with Crippen LogP contribution in [0.25, 0.3) is 0 Å². The lowest BCUT2D eigenvalue weighted by molar-refractivity contribution is -0.144. The minimum absolute atomic E-state index is 0.0244. The summed E-state index contributed by atoms with van der Waals surface area (Å²) in [5.41, 5.74) is 0.165. The summed E-state index contributed by atoms with van der Waals surface area (Å²) in [6.45, 7) is 4.84. The van der Waals surface area contributed by atoms with E-state index in [1.165, 1.54) is 4.90 Å². The highest BCUT2D eigenvalue weighted by molar-refractivity contribution is 5.79. The maximum Gasteiger partial charge on any atom is 0.411 e. The summed E-state index contributed by atoms with van der Waals surface area (Å²) in [5, 5.41) is 14.9. The van der Waals surface area contributed by atoms with Crippen molar-refractivity contribution in [1.82, 2.24) is 15.5 Å². The SMILES string of the molecule is CC(C)(C)OC(=O)N(CC(=O)O)C1CCC(NC(=O)CNCC(=O)OCc2ccccc2)CC1. The monoisotopic (exact) mass is 477 g/mol. The summed E-state index contributed by atoms with van der Waals surface area (Å²) in [5.74, 6) is -1.79. The summed E-state index contributed by atoms with van der Waals surface area (Å²) < 4.78 is 10.5. The van der Waals surface area contributed by atoms with Crippen molar-refractivity contribution in [3.63, 3.8) is 0 Å². The maximum atomic E-state index is 12.5. The van der Waals surface area contributed by atoms with Gasteiger partial charge in [0.15, 0.2) is 0 Å². The van der Waals surface area contributed by atoms with E-state index in [-0.39, 0.29) is 37.7 Å². The molecule has 10 heteroatoms. The van der Waals surface area contributed by atoms with E-state index in [2.05, 4.69) is 10.6 Å². The van der Waals surface area contributed by atoms with Crippen LogP contribution in [0.2, 0.25) is 0 Å². The predicted molar refractivity (Wildman–Crippen MR) is 124 cm³/mol. The fraction of sp³-hybridized carbons (Fsp3) is 0.583. The number of carbonyl (C=O) groups is 4. The number of carboxylic acids is 1. The molecular weight excluding hydrogens is 442 g/mol. The Morgan fingerprint density at radius 3 is 2.26 bits per heavy atom. The van der Waals surface area contributed by atoms with E-state index >= 15 is 0 Å². The summed E-state index contributed by atoms with van der Waals surface area (Å²) >= 11 is 0. The van der Waals surface area contributed by atoms with Crippen LogP contribution in [0.5, 0.6) is 0 Å². The van der Waals surface area contributed by atoms with Gasteiger partial charge in [-0.05, 0) is 52.0 Å². The Morgan fingerprint density at radius 2 is 1.68 bits per heavy atom. The lowest BCUT2D eigenvalue weighted by atomic mass is 9.90. The minimum Gasteiger partial charge on any atom is -0.480 e. The van der Waals surface area contributed by atoms with Gasteiger partial charge in [-0.3, -0.25) is 24.6 Å².